The fraction of sp³-hybridized carbons (Fsp3) is 0.250. The summed E-state index contributed by atoms with van der Waals surface area (Å²) in [6, 6.07) is 8.48. The number of aryl methyl sites for hydroxylation is 2. The standard InChI is InChI=1S/C8H10.I2O2S/c1-7-3-5-8(2)6-4-7;1-5(2,3)4/h3-6H,1-2H3;. The fourth-order valence-electron chi connectivity index (χ4n) is 0.637. The first kappa shape index (κ1) is 13.6. The van der Waals surface area contributed by atoms with Gasteiger partial charge in [-0.2, -0.15) is 0 Å². The molecule has 1 rings (SSSR count). The quantitative estimate of drug-likeness (QED) is 0.473. The summed E-state index contributed by atoms with van der Waals surface area (Å²) in [7, 11) is 0. The maximum Gasteiger partial charge on any atom is 0.255 e. The Morgan fingerprint density at radius 3 is 1.23 bits per heavy atom. The molecule has 0 saturated carbocycles. The van der Waals surface area contributed by atoms with Crippen molar-refractivity contribution in [2.24, 2.45) is 0 Å². The van der Waals surface area contributed by atoms with E-state index in [1.165, 1.54) is 53.5 Å². The Morgan fingerprint density at radius 1 is 0.923 bits per heavy atom. The van der Waals surface area contributed by atoms with Gasteiger partial charge in [-0.15, -0.1) is 0 Å². The summed E-state index contributed by atoms with van der Waals surface area (Å²) in [5.74, 6) is 0. The first-order valence-corrected chi connectivity index (χ1v) is 10.0. The molecule has 0 aliphatic carbocycles. The van der Waals surface area contributed by atoms with Gasteiger partial charge in [0, 0.05) is 0 Å². The van der Waals surface area contributed by atoms with Crippen molar-refractivity contribution in [3.63, 3.8) is 0 Å². The SMILES string of the molecule is Cc1ccc(C)cc1.O=S(=O)(I)I. The first-order chi connectivity index (χ1) is 5.79. The van der Waals surface area contributed by atoms with Crippen LogP contribution < -0.4 is 0 Å². The van der Waals surface area contributed by atoms with Crippen LogP contribution in [0.25, 0.3) is 0 Å². The first-order valence-electron chi connectivity index (χ1n) is 3.46. The van der Waals surface area contributed by atoms with Crippen molar-refractivity contribution in [3.05, 3.63) is 35.4 Å². The van der Waals surface area contributed by atoms with Crippen LogP contribution in [0.2, 0.25) is 0 Å². The normalized spacial score (nSPS) is 10.2. The van der Waals surface area contributed by atoms with E-state index in [0.29, 0.717) is 0 Å². The van der Waals surface area contributed by atoms with E-state index in [1.54, 1.807) is 0 Å². The highest BCUT2D eigenvalue weighted by Gasteiger charge is 1.86. The zero-order valence-electron chi connectivity index (χ0n) is 7.29. The van der Waals surface area contributed by atoms with Crippen molar-refractivity contribution in [2.45, 2.75) is 13.8 Å². The van der Waals surface area contributed by atoms with Gasteiger partial charge in [0.25, 0.3) is 4.18 Å². The van der Waals surface area contributed by atoms with Crippen LogP contribution in [0.5, 0.6) is 0 Å². The molecule has 74 valence electrons. The predicted molar refractivity (Wildman–Crippen MR) is 72.9 cm³/mol. The lowest BCUT2D eigenvalue weighted by Gasteiger charge is -1.90. The fourth-order valence-corrected chi connectivity index (χ4v) is 0.637. The molecular weight excluding hydrogens is 414 g/mol. The van der Waals surface area contributed by atoms with E-state index in [1.807, 2.05) is 0 Å². The second-order valence-electron chi connectivity index (χ2n) is 2.53. The Morgan fingerprint density at radius 2 is 1.08 bits per heavy atom. The Kier molecular flexibility index (Phi) is 6.48. The summed E-state index contributed by atoms with van der Waals surface area (Å²) >= 11 is 2.67. The van der Waals surface area contributed by atoms with Crippen LogP contribution in [0.3, 0.4) is 0 Å². The number of hydrogen-bond donors (Lipinski definition) is 0. The second kappa shape index (κ2) is 6.18. The van der Waals surface area contributed by atoms with Crippen LogP contribution in [-0.2, 0) is 4.18 Å². The van der Waals surface area contributed by atoms with E-state index >= 15 is 0 Å². The van der Waals surface area contributed by atoms with Crippen LogP contribution >= 0.6 is 42.4 Å². The molecule has 0 fully saturated rings. The Hall–Kier alpha value is 0.630. The van der Waals surface area contributed by atoms with E-state index in [9.17, 15) is 8.42 Å². The number of rotatable bonds is 0. The molecule has 0 heterocycles. The number of hydrogen-bond acceptors (Lipinski definition) is 2. The highest BCUT2D eigenvalue weighted by molar-refractivity contribution is 14.3. The van der Waals surface area contributed by atoms with Crippen molar-refractivity contribution in [1.29, 1.82) is 0 Å². The minimum atomic E-state index is -2.73. The molecule has 0 aromatic heterocycles. The summed E-state index contributed by atoms with van der Waals surface area (Å²) in [5.41, 5.74) is 2.66. The van der Waals surface area contributed by atoms with Crippen molar-refractivity contribution in [1.82, 2.24) is 0 Å². The van der Waals surface area contributed by atoms with Gasteiger partial charge in [0.15, 0.2) is 0 Å². The van der Waals surface area contributed by atoms with Crippen molar-refractivity contribution in [2.75, 3.05) is 0 Å². The molecule has 0 bridgehead atoms. The van der Waals surface area contributed by atoms with Gasteiger partial charge in [-0.1, -0.05) is 35.4 Å². The zero-order chi connectivity index (χ0) is 10.5. The molecule has 0 amide bonds. The minimum Gasteiger partial charge on any atom is -0.208 e. The van der Waals surface area contributed by atoms with E-state index in [0.717, 1.165) is 0 Å². The average Bonchev–Trinajstić information content (AvgIpc) is 1.92. The number of halogens is 2. The smallest absolute Gasteiger partial charge is 0.208 e. The third-order valence-electron chi connectivity index (χ3n) is 1.22. The Bertz CT molecular complexity index is 314. The Labute approximate surface area is 103 Å². The molecule has 13 heavy (non-hydrogen) atoms. The largest absolute Gasteiger partial charge is 0.255 e. The third kappa shape index (κ3) is 12.6. The summed E-state index contributed by atoms with van der Waals surface area (Å²) < 4.78 is 16.5. The maximum atomic E-state index is 9.61. The predicted octanol–water partition coefficient (Wildman–Crippen LogP) is 3.40. The van der Waals surface area contributed by atoms with Crippen molar-refractivity contribution in [3.8, 4) is 0 Å². The monoisotopic (exact) mass is 424 g/mol. The van der Waals surface area contributed by atoms with E-state index < -0.39 is 4.18 Å². The summed E-state index contributed by atoms with van der Waals surface area (Å²) in [6.07, 6.45) is 0. The second-order valence-corrected chi connectivity index (χ2v) is 15.3. The Balaban J connectivity index is 0.000000252. The maximum absolute atomic E-state index is 9.61. The van der Waals surface area contributed by atoms with Crippen LogP contribution in [0.15, 0.2) is 24.3 Å². The molecule has 0 aliphatic rings. The third-order valence-corrected chi connectivity index (χ3v) is 1.22. The van der Waals surface area contributed by atoms with Gasteiger partial charge in [-0.05, 0) is 13.8 Å². The molecule has 1 aromatic carbocycles. The molecule has 0 radical (unpaired) electrons. The van der Waals surface area contributed by atoms with Gasteiger partial charge in [0.1, 0.15) is 0 Å². The lowest BCUT2D eigenvalue weighted by Crippen LogP contribution is -1.70. The van der Waals surface area contributed by atoms with E-state index in [-0.39, 0.29) is 0 Å². The van der Waals surface area contributed by atoms with E-state index in [4.69, 9.17) is 0 Å². The lowest BCUT2D eigenvalue weighted by atomic mass is 10.2. The van der Waals surface area contributed by atoms with Crippen LogP contribution in [0.4, 0.5) is 0 Å². The molecule has 0 aliphatic heterocycles. The molecule has 5 heteroatoms. The van der Waals surface area contributed by atoms with Gasteiger partial charge >= 0.3 is 0 Å². The molecule has 0 unspecified atom stereocenters. The topological polar surface area (TPSA) is 34.1 Å². The van der Waals surface area contributed by atoms with Gasteiger partial charge in [-0.25, -0.2) is 8.42 Å². The molecule has 1 aromatic rings. The lowest BCUT2D eigenvalue weighted by molar-refractivity contribution is 0.627. The van der Waals surface area contributed by atoms with Gasteiger partial charge in [-0.3, -0.25) is 0 Å². The molecular formula is C8H10I2O2S. The molecule has 0 atom stereocenters. The van der Waals surface area contributed by atoms with Crippen LogP contribution in [-0.4, -0.2) is 8.42 Å². The molecule has 0 saturated heterocycles. The van der Waals surface area contributed by atoms with Crippen LogP contribution in [0.1, 0.15) is 11.1 Å². The highest BCUT2D eigenvalue weighted by Crippen LogP contribution is 2.08. The number of benzene rings is 1. The summed E-state index contributed by atoms with van der Waals surface area (Å²) in [4.78, 5) is 0. The molecule has 2 nitrogen and oxygen atoms in total. The van der Waals surface area contributed by atoms with E-state index in [2.05, 4.69) is 38.1 Å². The average molecular weight is 424 g/mol. The minimum absolute atomic E-state index is 1.33. The highest BCUT2D eigenvalue weighted by atomic mass is 127. The molecule has 0 N–H and O–H groups in total. The van der Waals surface area contributed by atoms with Crippen molar-refractivity contribution < 1.29 is 8.42 Å². The molecule has 0 spiro atoms. The van der Waals surface area contributed by atoms with Gasteiger partial charge in [0.2, 0.25) is 0 Å². The van der Waals surface area contributed by atoms with Crippen molar-refractivity contribution >= 4 is 46.6 Å². The van der Waals surface area contributed by atoms with Crippen LogP contribution in [0, 0.1) is 13.8 Å². The van der Waals surface area contributed by atoms with Gasteiger partial charge in [0.05, 0.1) is 42.4 Å². The van der Waals surface area contributed by atoms with Gasteiger partial charge < -0.3 is 0 Å². The summed E-state index contributed by atoms with van der Waals surface area (Å²) in [6.45, 7) is 4.19. The zero-order valence-corrected chi connectivity index (χ0v) is 12.4. The summed E-state index contributed by atoms with van der Waals surface area (Å²) in [5, 5.41) is 0.